The van der Waals surface area contributed by atoms with Crippen molar-refractivity contribution in [2.45, 2.75) is 17.7 Å². The van der Waals surface area contributed by atoms with E-state index in [0.29, 0.717) is 11.3 Å². The Bertz CT molecular complexity index is 1090. The molecule has 2 heterocycles. The van der Waals surface area contributed by atoms with E-state index >= 15 is 0 Å². The third-order valence-electron chi connectivity index (χ3n) is 4.30. The van der Waals surface area contributed by atoms with Gasteiger partial charge in [-0.25, -0.2) is 13.4 Å². The van der Waals surface area contributed by atoms with E-state index in [-0.39, 0.29) is 4.90 Å². The Kier molecular flexibility index (Phi) is 4.26. The van der Waals surface area contributed by atoms with Crippen molar-refractivity contribution in [3.63, 3.8) is 0 Å². The number of fused-ring (bicyclic) bond motifs is 1. The van der Waals surface area contributed by atoms with Crippen LogP contribution in [0.1, 0.15) is 18.4 Å². The molecule has 1 aliphatic rings. The third kappa shape index (κ3) is 3.23. The smallest absolute Gasteiger partial charge is 0.261 e. The number of nitriles is 1. The average Bonchev–Trinajstić information content (AvgIpc) is 3.30. The molecule has 1 N–H and O–H groups in total. The molecule has 1 aliphatic heterocycles. The van der Waals surface area contributed by atoms with Crippen LogP contribution < -0.4 is 9.62 Å². The number of sulfonamides is 1. The highest BCUT2D eigenvalue weighted by molar-refractivity contribution is 7.92. The van der Waals surface area contributed by atoms with Crippen molar-refractivity contribution in [3.05, 3.63) is 48.0 Å². The van der Waals surface area contributed by atoms with E-state index in [4.69, 9.17) is 5.26 Å². The van der Waals surface area contributed by atoms with E-state index in [2.05, 4.69) is 14.6 Å². The Morgan fingerprint density at radius 3 is 2.54 bits per heavy atom. The molecule has 1 aromatic heterocycles. The Morgan fingerprint density at radius 1 is 1.12 bits per heavy atom. The van der Waals surface area contributed by atoms with Crippen LogP contribution in [0.25, 0.3) is 10.2 Å². The Morgan fingerprint density at radius 2 is 1.85 bits per heavy atom. The molecule has 0 spiro atoms. The molecule has 0 radical (unpaired) electrons. The van der Waals surface area contributed by atoms with Crippen LogP contribution >= 0.6 is 11.3 Å². The molecule has 0 aliphatic carbocycles. The van der Waals surface area contributed by atoms with Crippen molar-refractivity contribution in [3.8, 4) is 6.07 Å². The van der Waals surface area contributed by atoms with Gasteiger partial charge >= 0.3 is 0 Å². The van der Waals surface area contributed by atoms with Gasteiger partial charge in [-0.05, 0) is 55.3 Å². The van der Waals surface area contributed by atoms with E-state index < -0.39 is 10.0 Å². The molecular formula is C18H16N4O2S2. The van der Waals surface area contributed by atoms with Crippen molar-refractivity contribution < 1.29 is 8.42 Å². The number of anilines is 2. The topological polar surface area (TPSA) is 86.1 Å². The number of rotatable bonds is 4. The summed E-state index contributed by atoms with van der Waals surface area (Å²) < 4.78 is 28.6. The number of aromatic nitrogens is 1. The van der Waals surface area contributed by atoms with Crippen LogP contribution in [-0.2, 0) is 10.0 Å². The molecule has 0 amide bonds. The summed E-state index contributed by atoms with van der Waals surface area (Å²) in [5.74, 6) is 0. The van der Waals surface area contributed by atoms with Crippen molar-refractivity contribution >= 4 is 42.4 Å². The summed E-state index contributed by atoms with van der Waals surface area (Å²) in [6.45, 7) is 2.05. The van der Waals surface area contributed by atoms with Gasteiger partial charge in [0, 0.05) is 13.1 Å². The predicted octanol–water partition coefficient (Wildman–Crippen LogP) is 3.57. The Hall–Kier alpha value is -2.63. The van der Waals surface area contributed by atoms with Gasteiger partial charge in [-0.1, -0.05) is 11.3 Å². The molecule has 4 rings (SSSR count). The second-order valence-electron chi connectivity index (χ2n) is 6.11. The van der Waals surface area contributed by atoms with E-state index in [0.717, 1.165) is 28.4 Å². The largest absolute Gasteiger partial charge is 0.348 e. The first-order valence-corrected chi connectivity index (χ1v) is 10.5. The minimum absolute atomic E-state index is 0.124. The third-order valence-corrected chi connectivity index (χ3v) is 6.78. The molecule has 2 aromatic carbocycles. The van der Waals surface area contributed by atoms with E-state index in [1.807, 2.05) is 18.2 Å². The van der Waals surface area contributed by atoms with Gasteiger partial charge in [-0.15, -0.1) is 0 Å². The fourth-order valence-electron chi connectivity index (χ4n) is 2.94. The molecule has 0 bridgehead atoms. The lowest BCUT2D eigenvalue weighted by molar-refractivity contribution is 0.601. The lowest BCUT2D eigenvalue weighted by Crippen LogP contribution is -2.16. The number of benzene rings is 2. The zero-order valence-corrected chi connectivity index (χ0v) is 15.5. The SMILES string of the molecule is N#Cc1ccc(S(=O)(=O)Nc2ccc3nc(N4CCCC4)sc3c2)cc1. The van der Waals surface area contributed by atoms with Gasteiger partial charge in [0.2, 0.25) is 0 Å². The fraction of sp³-hybridized carbons (Fsp3) is 0.222. The second-order valence-corrected chi connectivity index (χ2v) is 8.81. The first-order chi connectivity index (χ1) is 12.5. The van der Waals surface area contributed by atoms with Crippen LogP contribution in [0.15, 0.2) is 47.4 Å². The van der Waals surface area contributed by atoms with Crippen molar-refractivity contribution in [2.75, 3.05) is 22.7 Å². The summed E-state index contributed by atoms with van der Waals surface area (Å²) in [5.41, 5.74) is 1.79. The van der Waals surface area contributed by atoms with Gasteiger partial charge in [0.15, 0.2) is 5.13 Å². The molecule has 0 unspecified atom stereocenters. The standard InChI is InChI=1S/C18H16N4O2S2/c19-12-13-3-6-15(7-4-13)26(23,24)21-14-5-8-16-17(11-14)25-18(20-16)22-9-1-2-10-22/h3-8,11,21H,1-2,9-10H2. The van der Waals surface area contributed by atoms with Gasteiger partial charge in [0.25, 0.3) is 10.0 Å². The van der Waals surface area contributed by atoms with Gasteiger partial charge in [0.1, 0.15) is 0 Å². The van der Waals surface area contributed by atoms with Crippen LogP contribution in [0.4, 0.5) is 10.8 Å². The Balaban J connectivity index is 1.60. The van der Waals surface area contributed by atoms with Gasteiger partial charge in [-0.3, -0.25) is 4.72 Å². The van der Waals surface area contributed by atoms with Gasteiger partial charge in [-0.2, -0.15) is 5.26 Å². The minimum Gasteiger partial charge on any atom is -0.348 e. The van der Waals surface area contributed by atoms with Gasteiger partial charge in [0.05, 0.1) is 32.4 Å². The summed E-state index contributed by atoms with van der Waals surface area (Å²) in [4.78, 5) is 7.04. The van der Waals surface area contributed by atoms with Crippen LogP contribution in [0.2, 0.25) is 0 Å². The van der Waals surface area contributed by atoms with E-state index in [1.165, 1.54) is 37.1 Å². The first kappa shape index (κ1) is 16.8. The monoisotopic (exact) mass is 384 g/mol. The number of hydrogen-bond acceptors (Lipinski definition) is 6. The summed E-state index contributed by atoms with van der Waals surface area (Å²) in [7, 11) is -3.70. The van der Waals surface area contributed by atoms with Gasteiger partial charge < -0.3 is 4.90 Å². The lowest BCUT2D eigenvalue weighted by atomic mass is 10.2. The maximum atomic E-state index is 12.5. The van der Waals surface area contributed by atoms with Crippen LogP contribution in [0, 0.1) is 11.3 Å². The zero-order valence-electron chi connectivity index (χ0n) is 13.8. The molecule has 0 atom stereocenters. The maximum Gasteiger partial charge on any atom is 0.261 e. The first-order valence-electron chi connectivity index (χ1n) is 8.24. The summed E-state index contributed by atoms with van der Waals surface area (Å²) in [6.07, 6.45) is 2.37. The van der Waals surface area contributed by atoms with E-state index in [1.54, 1.807) is 17.4 Å². The molecular weight excluding hydrogens is 368 g/mol. The highest BCUT2D eigenvalue weighted by Gasteiger charge is 2.18. The number of nitrogens with zero attached hydrogens (tertiary/aromatic N) is 3. The van der Waals surface area contributed by atoms with Crippen LogP contribution in [0.5, 0.6) is 0 Å². The highest BCUT2D eigenvalue weighted by Crippen LogP contribution is 2.32. The summed E-state index contributed by atoms with van der Waals surface area (Å²) in [6, 6.07) is 13.2. The minimum atomic E-state index is -3.70. The van der Waals surface area contributed by atoms with Crippen molar-refractivity contribution in [1.82, 2.24) is 4.98 Å². The molecule has 1 fully saturated rings. The zero-order chi connectivity index (χ0) is 18.1. The quantitative estimate of drug-likeness (QED) is 0.743. The second kappa shape index (κ2) is 6.59. The van der Waals surface area contributed by atoms with Crippen molar-refractivity contribution in [2.24, 2.45) is 0 Å². The molecule has 132 valence electrons. The predicted molar refractivity (Wildman–Crippen MR) is 103 cm³/mol. The van der Waals surface area contributed by atoms with Crippen LogP contribution in [0.3, 0.4) is 0 Å². The highest BCUT2D eigenvalue weighted by atomic mass is 32.2. The average molecular weight is 384 g/mol. The molecule has 0 saturated carbocycles. The lowest BCUT2D eigenvalue weighted by Gasteiger charge is -2.11. The number of hydrogen-bond donors (Lipinski definition) is 1. The molecule has 6 nitrogen and oxygen atoms in total. The van der Waals surface area contributed by atoms with Crippen LogP contribution in [-0.4, -0.2) is 26.5 Å². The summed E-state index contributed by atoms with van der Waals surface area (Å²) >= 11 is 1.58. The Labute approximate surface area is 155 Å². The number of nitrogens with one attached hydrogen (secondary N) is 1. The summed E-state index contributed by atoms with van der Waals surface area (Å²) in [5, 5.41) is 9.81. The maximum absolute atomic E-state index is 12.5. The fourth-order valence-corrected chi connectivity index (χ4v) is 5.05. The molecule has 1 saturated heterocycles. The molecule has 26 heavy (non-hydrogen) atoms. The van der Waals surface area contributed by atoms with E-state index in [9.17, 15) is 8.42 Å². The van der Waals surface area contributed by atoms with Crippen molar-refractivity contribution in [1.29, 1.82) is 5.26 Å². The molecule has 3 aromatic rings. The normalized spacial score (nSPS) is 14.5. The number of thiazole rings is 1. The molecule has 8 heteroatoms.